The third kappa shape index (κ3) is 2.53. The first-order valence-electron chi connectivity index (χ1n) is 7.87. The van der Waals surface area contributed by atoms with Gasteiger partial charge in [0.15, 0.2) is 5.65 Å². The summed E-state index contributed by atoms with van der Waals surface area (Å²) < 4.78 is 1.89. The minimum absolute atomic E-state index is 0.165. The normalized spacial score (nSPS) is 13.0. The summed E-state index contributed by atoms with van der Waals surface area (Å²) in [5.41, 5.74) is 4.10. The first-order valence-corrected chi connectivity index (χ1v) is 7.87. The number of aromatic nitrogens is 4. The van der Waals surface area contributed by atoms with E-state index in [2.05, 4.69) is 43.7 Å². The predicted molar refractivity (Wildman–Crippen MR) is 98.8 cm³/mol. The van der Waals surface area contributed by atoms with E-state index in [0.29, 0.717) is 35.0 Å². The highest BCUT2D eigenvalue weighted by Gasteiger charge is 2.28. The molecule has 128 valence electrons. The number of allylic oxidation sites excluding steroid dienone is 1. The summed E-state index contributed by atoms with van der Waals surface area (Å²) in [5.74, 6) is 0.226. The molecule has 8 nitrogen and oxygen atoms in total. The smallest absolute Gasteiger partial charge is 0.254 e. The van der Waals surface area contributed by atoms with Gasteiger partial charge in [-0.05, 0) is 0 Å². The van der Waals surface area contributed by atoms with Crippen molar-refractivity contribution in [3.05, 3.63) is 67.2 Å². The van der Waals surface area contributed by atoms with E-state index in [4.69, 9.17) is 0 Å². The van der Waals surface area contributed by atoms with E-state index in [1.165, 1.54) is 6.21 Å². The molecule has 0 radical (unpaired) electrons. The number of carbonyl (C=O) groups excluding carboxylic acids is 1. The van der Waals surface area contributed by atoms with Crippen LogP contribution >= 0.6 is 0 Å². The van der Waals surface area contributed by atoms with Gasteiger partial charge in [-0.3, -0.25) is 19.2 Å². The van der Waals surface area contributed by atoms with Crippen LogP contribution in [0.25, 0.3) is 17.0 Å². The fourth-order valence-electron chi connectivity index (χ4n) is 2.90. The molecule has 0 saturated carbocycles. The van der Waals surface area contributed by atoms with Crippen LogP contribution in [0.3, 0.4) is 0 Å². The molecule has 0 unspecified atom stereocenters. The number of nitrogens with zero attached hydrogens (tertiary/aromatic N) is 5. The first-order chi connectivity index (χ1) is 12.7. The Bertz CT molecular complexity index is 1080. The lowest BCUT2D eigenvalue weighted by atomic mass is 10.1. The monoisotopic (exact) mass is 345 g/mol. The summed E-state index contributed by atoms with van der Waals surface area (Å²) in [5, 5.41) is 5.87. The molecule has 3 aromatic heterocycles. The number of pyridine rings is 1. The van der Waals surface area contributed by atoms with Crippen molar-refractivity contribution in [2.45, 2.75) is 6.54 Å². The third-order valence-electron chi connectivity index (χ3n) is 4.01. The third-order valence-corrected chi connectivity index (χ3v) is 4.01. The maximum Gasteiger partial charge on any atom is 0.254 e. The molecule has 4 heterocycles. The van der Waals surface area contributed by atoms with Gasteiger partial charge >= 0.3 is 0 Å². The van der Waals surface area contributed by atoms with Gasteiger partial charge in [-0.15, -0.1) is 0 Å². The van der Waals surface area contributed by atoms with E-state index in [9.17, 15) is 4.79 Å². The second-order valence-corrected chi connectivity index (χ2v) is 5.59. The van der Waals surface area contributed by atoms with Crippen molar-refractivity contribution in [1.29, 1.82) is 0 Å². The molecule has 0 aliphatic carbocycles. The number of rotatable bonds is 5. The van der Waals surface area contributed by atoms with Crippen LogP contribution in [0.5, 0.6) is 0 Å². The molecule has 0 spiro atoms. The average Bonchev–Trinajstić information content (AvgIpc) is 3.25. The van der Waals surface area contributed by atoms with Gasteiger partial charge in [0.05, 0.1) is 41.2 Å². The van der Waals surface area contributed by atoms with E-state index >= 15 is 0 Å². The van der Waals surface area contributed by atoms with Gasteiger partial charge in [0, 0.05) is 30.7 Å². The van der Waals surface area contributed by atoms with E-state index in [0.717, 1.165) is 11.3 Å². The van der Waals surface area contributed by atoms with Crippen molar-refractivity contribution in [3.63, 3.8) is 0 Å². The summed E-state index contributed by atoms with van der Waals surface area (Å²) in [4.78, 5) is 29.4. The van der Waals surface area contributed by atoms with Crippen LogP contribution in [0.15, 0.2) is 61.0 Å². The van der Waals surface area contributed by atoms with Gasteiger partial charge in [-0.25, -0.2) is 9.98 Å². The second kappa shape index (κ2) is 6.25. The summed E-state index contributed by atoms with van der Waals surface area (Å²) in [7, 11) is 0. The fraction of sp³-hybridized carbons (Fsp3) is 0.0556. The van der Waals surface area contributed by atoms with Gasteiger partial charge in [-0.1, -0.05) is 19.2 Å². The number of imidazole rings is 1. The Morgan fingerprint density at radius 3 is 3.08 bits per heavy atom. The van der Waals surface area contributed by atoms with Crippen LogP contribution in [-0.2, 0) is 6.54 Å². The topological polar surface area (TPSA) is 96.6 Å². The average molecular weight is 345 g/mol. The maximum atomic E-state index is 12.4. The molecule has 0 fully saturated rings. The number of fused-ring (bicyclic) bond motifs is 2. The zero-order chi connectivity index (χ0) is 18.1. The Labute approximate surface area is 149 Å². The molecule has 1 amide bonds. The number of nitrogens with one attached hydrogen (secondary N) is 2. The minimum atomic E-state index is -0.165. The Morgan fingerprint density at radius 2 is 2.23 bits per heavy atom. The standard InChI is InChI=1S/C18H15N7O/c1-3-4-20-11(2)24-13-8-22-17(12-7-23-18(26)16(12)13)14-9-21-15-10-19-5-6-25(14)15/h3-6,8-10,24H,1-2,7H2,(H,23,26). The Kier molecular flexibility index (Phi) is 3.77. The van der Waals surface area contributed by atoms with Gasteiger partial charge in [0.25, 0.3) is 5.91 Å². The summed E-state index contributed by atoms with van der Waals surface area (Å²) in [6.07, 6.45) is 11.6. The lowest BCUT2D eigenvalue weighted by Gasteiger charge is -2.12. The molecule has 0 bridgehead atoms. The van der Waals surface area contributed by atoms with Crippen molar-refractivity contribution in [1.82, 2.24) is 24.7 Å². The molecular formula is C18H15N7O. The molecule has 2 N–H and O–H groups in total. The lowest BCUT2D eigenvalue weighted by molar-refractivity contribution is 0.0966. The molecule has 1 aliphatic heterocycles. The molecule has 26 heavy (non-hydrogen) atoms. The van der Waals surface area contributed by atoms with Crippen molar-refractivity contribution < 1.29 is 4.79 Å². The number of hydrogen-bond acceptors (Lipinski definition) is 6. The molecule has 0 saturated heterocycles. The van der Waals surface area contributed by atoms with Gasteiger partial charge in [0.2, 0.25) is 0 Å². The van der Waals surface area contributed by atoms with Crippen LogP contribution in [-0.4, -0.2) is 31.5 Å². The lowest BCUT2D eigenvalue weighted by Crippen LogP contribution is -2.14. The zero-order valence-corrected chi connectivity index (χ0v) is 13.8. The zero-order valence-electron chi connectivity index (χ0n) is 13.8. The van der Waals surface area contributed by atoms with E-state index in [1.807, 2.05) is 10.6 Å². The molecule has 1 aliphatic rings. The molecule has 4 rings (SSSR count). The summed E-state index contributed by atoms with van der Waals surface area (Å²) in [6, 6.07) is 0. The van der Waals surface area contributed by atoms with Gasteiger partial charge in [-0.2, -0.15) is 0 Å². The number of carbonyl (C=O) groups is 1. The highest BCUT2D eigenvalue weighted by atomic mass is 16.1. The molecular weight excluding hydrogens is 330 g/mol. The van der Waals surface area contributed by atoms with Crippen LogP contribution in [0.1, 0.15) is 15.9 Å². The Hall–Kier alpha value is -3.81. The van der Waals surface area contributed by atoms with Crippen LogP contribution in [0, 0.1) is 0 Å². The highest BCUT2D eigenvalue weighted by Crippen LogP contribution is 2.32. The SMILES string of the molecule is C=CC=NC(=C)Nc1cnc(-c2cnc3cnccn23)c2c1C(=O)NC2. The van der Waals surface area contributed by atoms with Crippen LogP contribution in [0.2, 0.25) is 0 Å². The molecule has 8 heteroatoms. The van der Waals surface area contributed by atoms with Gasteiger partial charge < -0.3 is 10.6 Å². The maximum absolute atomic E-state index is 12.4. The minimum Gasteiger partial charge on any atom is -0.348 e. The van der Waals surface area contributed by atoms with Gasteiger partial charge in [0.1, 0.15) is 5.82 Å². The first kappa shape index (κ1) is 15.7. The molecule has 0 aromatic carbocycles. The quantitative estimate of drug-likeness (QED) is 0.691. The molecule has 0 atom stereocenters. The number of anilines is 1. The second-order valence-electron chi connectivity index (χ2n) is 5.59. The van der Waals surface area contributed by atoms with E-state index in [1.54, 1.807) is 30.9 Å². The predicted octanol–water partition coefficient (Wildman–Crippen LogP) is 2.17. The number of aliphatic imine (C=N–C) groups is 1. The van der Waals surface area contributed by atoms with Crippen molar-refractivity contribution >= 4 is 23.5 Å². The van der Waals surface area contributed by atoms with Crippen molar-refractivity contribution in [2.24, 2.45) is 4.99 Å². The van der Waals surface area contributed by atoms with E-state index in [-0.39, 0.29) is 5.91 Å². The Morgan fingerprint density at radius 1 is 1.35 bits per heavy atom. The fourth-order valence-corrected chi connectivity index (χ4v) is 2.90. The van der Waals surface area contributed by atoms with Crippen LogP contribution in [0.4, 0.5) is 5.69 Å². The van der Waals surface area contributed by atoms with Crippen molar-refractivity contribution in [2.75, 3.05) is 5.32 Å². The highest BCUT2D eigenvalue weighted by molar-refractivity contribution is 6.05. The number of hydrogen-bond donors (Lipinski definition) is 2. The van der Waals surface area contributed by atoms with Crippen LogP contribution < -0.4 is 10.6 Å². The molecule has 3 aromatic rings. The Balaban J connectivity index is 1.82. The van der Waals surface area contributed by atoms with E-state index < -0.39 is 0 Å². The largest absolute Gasteiger partial charge is 0.348 e. The summed E-state index contributed by atoms with van der Waals surface area (Å²) in [6.45, 7) is 7.78. The number of amides is 1. The van der Waals surface area contributed by atoms with Crippen molar-refractivity contribution in [3.8, 4) is 11.4 Å². The summed E-state index contributed by atoms with van der Waals surface area (Å²) >= 11 is 0.